The number of rotatable bonds is 4. The van der Waals surface area contributed by atoms with Crippen molar-refractivity contribution in [3.05, 3.63) is 50.2 Å². The molecule has 0 saturated carbocycles. The fraction of sp³-hybridized carbons (Fsp3) is 0.222. The number of carbonyl (C=O) groups is 2. The number of amides is 1. The third-order valence-corrected chi connectivity index (χ3v) is 5.33. The molecule has 1 amide bonds. The Balaban J connectivity index is 1.99. The number of benzene rings is 1. The second kappa shape index (κ2) is 7.05. The average Bonchev–Trinajstić information content (AvgIpc) is 2.81. The second-order valence-corrected chi connectivity index (χ2v) is 7.63. The van der Waals surface area contributed by atoms with Gasteiger partial charge in [0.1, 0.15) is 16.2 Å². The van der Waals surface area contributed by atoms with E-state index in [4.69, 9.17) is 21.7 Å². The van der Waals surface area contributed by atoms with Gasteiger partial charge < -0.3 is 9.52 Å². The van der Waals surface area contributed by atoms with Crippen LogP contribution in [0.4, 0.5) is 0 Å². The van der Waals surface area contributed by atoms with Gasteiger partial charge in [-0.3, -0.25) is 19.3 Å². The number of carbonyl (C=O) groups excluding carboxylic acids is 1. The standard InChI is InChI=1S/C18H15NO5S2/c1-9-5-10(2)15-12(6-9)24-8-11(16(15)22)7-13-17(23)19(18(25)26-13)4-3-14(20)21/h5-8H,3-4H2,1-2H3,(H,20,21). The summed E-state index contributed by atoms with van der Waals surface area (Å²) in [4.78, 5) is 37.4. The third kappa shape index (κ3) is 3.42. The third-order valence-electron chi connectivity index (χ3n) is 3.96. The van der Waals surface area contributed by atoms with Crippen LogP contribution >= 0.6 is 24.0 Å². The number of thiocarbonyl (C=S) groups is 1. The number of thioether (sulfide) groups is 1. The molecule has 2 aromatic rings. The molecule has 0 spiro atoms. The number of hydrogen-bond acceptors (Lipinski definition) is 6. The van der Waals surface area contributed by atoms with Gasteiger partial charge in [0, 0.05) is 6.54 Å². The highest BCUT2D eigenvalue weighted by atomic mass is 32.2. The fourth-order valence-corrected chi connectivity index (χ4v) is 4.08. The molecule has 134 valence electrons. The number of carboxylic acids is 1. The summed E-state index contributed by atoms with van der Waals surface area (Å²) < 4.78 is 5.85. The predicted molar refractivity (Wildman–Crippen MR) is 104 cm³/mol. The lowest BCUT2D eigenvalue weighted by Gasteiger charge is -2.12. The molecule has 1 N–H and O–H groups in total. The lowest BCUT2D eigenvalue weighted by molar-refractivity contribution is -0.137. The normalized spacial score (nSPS) is 16.1. The highest BCUT2D eigenvalue weighted by Crippen LogP contribution is 2.32. The van der Waals surface area contributed by atoms with Crippen molar-refractivity contribution in [1.82, 2.24) is 4.90 Å². The molecule has 1 aromatic carbocycles. The van der Waals surface area contributed by atoms with Crippen molar-refractivity contribution in [1.29, 1.82) is 0 Å². The van der Waals surface area contributed by atoms with Crippen molar-refractivity contribution < 1.29 is 19.1 Å². The zero-order valence-corrected chi connectivity index (χ0v) is 15.7. The lowest BCUT2D eigenvalue weighted by Crippen LogP contribution is -2.30. The van der Waals surface area contributed by atoms with Gasteiger partial charge in [-0.15, -0.1) is 0 Å². The highest BCUT2D eigenvalue weighted by molar-refractivity contribution is 8.26. The van der Waals surface area contributed by atoms with Gasteiger partial charge in [0.15, 0.2) is 5.43 Å². The molecule has 6 nitrogen and oxygen atoms in total. The summed E-state index contributed by atoms with van der Waals surface area (Å²) in [5.74, 6) is -1.41. The molecule has 2 heterocycles. The molecular weight excluding hydrogens is 374 g/mol. The Morgan fingerprint density at radius 1 is 1.35 bits per heavy atom. The number of aliphatic carboxylic acids is 1. The quantitative estimate of drug-likeness (QED) is 0.635. The summed E-state index contributed by atoms with van der Waals surface area (Å²) >= 11 is 6.18. The van der Waals surface area contributed by atoms with Crippen LogP contribution in [0.25, 0.3) is 17.0 Å². The van der Waals surface area contributed by atoms with Crippen LogP contribution in [0.15, 0.2) is 32.5 Å². The van der Waals surface area contributed by atoms with Crippen LogP contribution in [-0.2, 0) is 9.59 Å². The second-order valence-electron chi connectivity index (χ2n) is 5.95. The first-order valence-electron chi connectivity index (χ1n) is 7.78. The van der Waals surface area contributed by atoms with Gasteiger partial charge in [0.2, 0.25) is 0 Å². The SMILES string of the molecule is Cc1cc(C)c2c(=O)c(C=C3SC(=S)N(CCC(=O)O)C3=O)coc2c1. The predicted octanol–water partition coefficient (Wildman–Crippen LogP) is 3.09. The van der Waals surface area contributed by atoms with E-state index in [1.54, 1.807) is 6.07 Å². The molecule has 1 aromatic heterocycles. The zero-order valence-electron chi connectivity index (χ0n) is 14.1. The van der Waals surface area contributed by atoms with Gasteiger partial charge in [-0.05, 0) is 37.1 Å². The summed E-state index contributed by atoms with van der Waals surface area (Å²) in [5, 5.41) is 9.25. The van der Waals surface area contributed by atoms with E-state index < -0.39 is 11.9 Å². The molecule has 0 atom stereocenters. The van der Waals surface area contributed by atoms with Gasteiger partial charge >= 0.3 is 5.97 Å². The number of nitrogens with zero attached hydrogens (tertiary/aromatic N) is 1. The van der Waals surface area contributed by atoms with Crippen LogP contribution < -0.4 is 5.43 Å². The van der Waals surface area contributed by atoms with Gasteiger partial charge in [-0.25, -0.2) is 0 Å². The Hall–Kier alpha value is -2.45. The molecule has 0 unspecified atom stereocenters. The maximum absolute atomic E-state index is 12.8. The first-order valence-corrected chi connectivity index (χ1v) is 9.00. The molecule has 1 saturated heterocycles. The monoisotopic (exact) mass is 389 g/mol. The molecule has 26 heavy (non-hydrogen) atoms. The molecular formula is C18H15NO5S2. The summed E-state index contributed by atoms with van der Waals surface area (Å²) in [7, 11) is 0. The Morgan fingerprint density at radius 2 is 2.08 bits per heavy atom. The maximum Gasteiger partial charge on any atom is 0.305 e. The van der Waals surface area contributed by atoms with Gasteiger partial charge in [-0.1, -0.05) is 30.0 Å². The zero-order chi connectivity index (χ0) is 19.0. The molecule has 0 aliphatic carbocycles. The molecule has 1 fully saturated rings. The van der Waals surface area contributed by atoms with Gasteiger partial charge in [-0.2, -0.15) is 0 Å². The Bertz CT molecular complexity index is 1040. The van der Waals surface area contributed by atoms with Crippen LogP contribution in [-0.4, -0.2) is 32.7 Å². The number of fused-ring (bicyclic) bond motifs is 1. The van der Waals surface area contributed by atoms with Crippen molar-refractivity contribution in [2.75, 3.05) is 6.54 Å². The van der Waals surface area contributed by atoms with Crippen LogP contribution in [0.2, 0.25) is 0 Å². The summed E-state index contributed by atoms with van der Waals surface area (Å²) in [6.07, 6.45) is 2.58. The number of aryl methyl sites for hydroxylation is 2. The van der Waals surface area contributed by atoms with E-state index in [2.05, 4.69) is 0 Å². The van der Waals surface area contributed by atoms with Crippen LogP contribution in [0.3, 0.4) is 0 Å². The fourth-order valence-electron chi connectivity index (χ4n) is 2.78. The number of hydrogen-bond donors (Lipinski definition) is 1. The maximum atomic E-state index is 12.8. The molecule has 3 rings (SSSR count). The van der Waals surface area contributed by atoms with Crippen molar-refractivity contribution >= 4 is 57.2 Å². The molecule has 8 heteroatoms. The van der Waals surface area contributed by atoms with Gasteiger partial charge in [0.25, 0.3) is 5.91 Å². The van der Waals surface area contributed by atoms with Crippen molar-refractivity contribution in [3.8, 4) is 0 Å². The van der Waals surface area contributed by atoms with Crippen molar-refractivity contribution in [2.45, 2.75) is 20.3 Å². The van der Waals surface area contributed by atoms with Crippen LogP contribution in [0.1, 0.15) is 23.1 Å². The first kappa shape index (κ1) is 18.3. The Labute approximate surface area is 158 Å². The summed E-state index contributed by atoms with van der Waals surface area (Å²) in [5.41, 5.74) is 2.32. The first-order chi connectivity index (χ1) is 12.3. The van der Waals surface area contributed by atoms with Crippen LogP contribution in [0, 0.1) is 13.8 Å². The van der Waals surface area contributed by atoms with E-state index in [-0.39, 0.29) is 33.2 Å². The minimum absolute atomic E-state index is 0.00204. The van der Waals surface area contributed by atoms with Gasteiger partial charge in [0.05, 0.1) is 22.3 Å². The van der Waals surface area contributed by atoms with E-state index in [9.17, 15) is 14.4 Å². The van der Waals surface area contributed by atoms with Crippen molar-refractivity contribution in [3.63, 3.8) is 0 Å². The Morgan fingerprint density at radius 3 is 2.77 bits per heavy atom. The highest BCUT2D eigenvalue weighted by Gasteiger charge is 2.32. The molecule has 0 radical (unpaired) electrons. The Kier molecular flexibility index (Phi) is 4.97. The van der Waals surface area contributed by atoms with Crippen molar-refractivity contribution in [2.24, 2.45) is 0 Å². The smallest absolute Gasteiger partial charge is 0.305 e. The average molecular weight is 389 g/mol. The minimum Gasteiger partial charge on any atom is -0.481 e. The van der Waals surface area contributed by atoms with Crippen LogP contribution in [0.5, 0.6) is 0 Å². The lowest BCUT2D eigenvalue weighted by atomic mass is 10.0. The largest absolute Gasteiger partial charge is 0.481 e. The van der Waals surface area contributed by atoms with E-state index in [0.29, 0.717) is 11.0 Å². The van der Waals surface area contributed by atoms with E-state index in [0.717, 1.165) is 22.9 Å². The number of carboxylic acid groups (broad SMARTS) is 1. The molecule has 1 aliphatic rings. The van der Waals surface area contributed by atoms with E-state index in [1.165, 1.54) is 17.2 Å². The summed E-state index contributed by atoms with van der Waals surface area (Å²) in [6.45, 7) is 3.76. The minimum atomic E-state index is -1.01. The summed E-state index contributed by atoms with van der Waals surface area (Å²) in [6, 6.07) is 3.69. The van der Waals surface area contributed by atoms with E-state index in [1.807, 2.05) is 19.9 Å². The topological polar surface area (TPSA) is 87.8 Å². The molecule has 0 bridgehead atoms. The van der Waals surface area contributed by atoms with E-state index >= 15 is 0 Å². The molecule has 1 aliphatic heterocycles.